The van der Waals surface area contributed by atoms with Gasteiger partial charge in [0.25, 0.3) is 5.91 Å². The van der Waals surface area contributed by atoms with Crippen LogP contribution in [-0.2, 0) is 0 Å². The van der Waals surface area contributed by atoms with Crippen molar-refractivity contribution >= 4 is 17.6 Å². The molecule has 0 bridgehead atoms. The van der Waals surface area contributed by atoms with Crippen molar-refractivity contribution in [1.29, 1.82) is 0 Å². The van der Waals surface area contributed by atoms with Crippen LogP contribution in [0.2, 0.25) is 0 Å². The number of aromatic carboxylic acids is 1. The Morgan fingerprint density at radius 3 is 2.52 bits per heavy atom. The Hall–Kier alpha value is -2.83. The molecule has 0 fully saturated rings. The minimum absolute atomic E-state index is 0.110. The van der Waals surface area contributed by atoms with E-state index in [1.54, 1.807) is 13.8 Å². The summed E-state index contributed by atoms with van der Waals surface area (Å²) in [5.41, 5.74) is 0.889. The number of hydrogen-bond donors (Lipinski definition) is 2. The summed E-state index contributed by atoms with van der Waals surface area (Å²) in [5.74, 6) is -2.47. The van der Waals surface area contributed by atoms with E-state index in [4.69, 9.17) is 5.11 Å². The molecule has 1 amide bonds. The number of anilines is 1. The zero-order chi connectivity index (χ0) is 15.6. The number of carboxylic acids is 1. The second kappa shape index (κ2) is 5.66. The topological polar surface area (TPSA) is 92.2 Å². The van der Waals surface area contributed by atoms with Gasteiger partial charge in [-0.15, -0.1) is 0 Å². The van der Waals surface area contributed by atoms with Crippen molar-refractivity contribution in [2.45, 2.75) is 13.8 Å². The van der Waals surface area contributed by atoms with Crippen molar-refractivity contribution in [2.75, 3.05) is 5.32 Å². The van der Waals surface area contributed by atoms with Gasteiger partial charge in [0, 0.05) is 0 Å². The quantitative estimate of drug-likeness (QED) is 0.903. The molecule has 1 aromatic heterocycles. The van der Waals surface area contributed by atoms with Gasteiger partial charge in [0.15, 0.2) is 0 Å². The number of carbonyl (C=O) groups excluding carboxylic acids is 1. The first kappa shape index (κ1) is 14.6. The fourth-order valence-corrected chi connectivity index (χ4v) is 1.78. The number of benzene rings is 1. The number of aryl methyl sites for hydroxylation is 2. The first-order valence-corrected chi connectivity index (χ1v) is 6.03. The lowest BCUT2D eigenvalue weighted by Crippen LogP contribution is -2.17. The molecule has 6 nitrogen and oxygen atoms in total. The van der Waals surface area contributed by atoms with Crippen LogP contribution < -0.4 is 5.32 Å². The van der Waals surface area contributed by atoms with Crippen molar-refractivity contribution in [3.63, 3.8) is 0 Å². The highest BCUT2D eigenvalue weighted by atomic mass is 19.1. The molecule has 0 saturated carbocycles. The van der Waals surface area contributed by atoms with Gasteiger partial charge in [-0.2, -0.15) is 10.2 Å². The summed E-state index contributed by atoms with van der Waals surface area (Å²) in [6, 6.07) is 4.59. The van der Waals surface area contributed by atoms with Crippen LogP contribution in [0.4, 0.5) is 10.1 Å². The number of carboxylic acid groups (broad SMARTS) is 1. The molecule has 0 radical (unpaired) electrons. The van der Waals surface area contributed by atoms with E-state index in [-0.39, 0.29) is 16.8 Å². The lowest BCUT2D eigenvalue weighted by atomic mass is 10.1. The molecule has 0 aliphatic heterocycles. The van der Waals surface area contributed by atoms with E-state index in [1.807, 2.05) is 0 Å². The summed E-state index contributed by atoms with van der Waals surface area (Å²) >= 11 is 0. The molecule has 7 heteroatoms. The Kier molecular flexibility index (Phi) is 3.93. The molecule has 2 N–H and O–H groups in total. The predicted molar refractivity (Wildman–Crippen MR) is 72.8 cm³/mol. The molecule has 0 aliphatic rings. The number of rotatable bonds is 3. The van der Waals surface area contributed by atoms with E-state index in [0.717, 1.165) is 18.2 Å². The van der Waals surface area contributed by atoms with Crippen molar-refractivity contribution in [3.8, 4) is 0 Å². The maximum atomic E-state index is 13.2. The van der Waals surface area contributed by atoms with Gasteiger partial charge >= 0.3 is 5.97 Å². The maximum Gasteiger partial charge on any atom is 0.337 e. The Balaban J connectivity index is 2.38. The summed E-state index contributed by atoms with van der Waals surface area (Å²) < 4.78 is 13.2. The fraction of sp³-hybridized carbons (Fsp3) is 0.143. The average Bonchev–Trinajstić information content (AvgIpc) is 2.41. The Morgan fingerprint density at radius 2 is 1.86 bits per heavy atom. The molecule has 2 rings (SSSR count). The van der Waals surface area contributed by atoms with Crippen LogP contribution in [0.3, 0.4) is 0 Å². The van der Waals surface area contributed by atoms with Crippen molar-refractivity contribution in [2.24, 2.45) is 0 Å². The van der Waals surface area contributed by atoms with Crippen molar-refractivity contribution in [3.05, 3.63) is 52.6 Å². The third kappa shape index (κ3) is 3.19. The molecule has 0 unspecified atom stereocenters. The van der Waals surface area contributed by atoms with Gasteiger partial charge in [-0.05, 0) is 38.1 Å². The zero-order valence-corrected chi connectivity index (χ0v) is 11.3. The van der Waals surface area contributed by atoms with Crippen molar-refractivity contribution < 1.29 is 19.1 Å². The molecule has 1 aromatic carbocycles. The Bertz CT molecular complexity index is 731. The van der Waals surface area contributed by atoms with Gasteiger partial charge in [-0.3, -0.25) is 4.79 Å². The number of halogens is 1. The minimum Gasteiger partial charge on any atom is -0.478 e. The third-order valence-electron chi connectivity index (χ3n) is 2.81. The molecule has 0 atom stereocenters. The highest BCUT2D eigenvalue weighted by molar-refractivity contribution is 6.08. The molecule has 0 aliphatic carbocycles. The van der Waals surface area contributed by atoms with E-state index in [0.29, 0.717) is 11.4 Å². The third-order valence-corrected chi connectivity index (χ3v) is 2.81. The van der Waals surface area contributed by atoms with Gasteiger partial charge < -0.3 is 10.4 Å². The number of amides is 1. The minimum atomic E-state index is -1.26. The van der Waals surface area contributed by atoms with Crippen LogP contribution in [0.25, 0.3) is 0 Å². The van der Waals surface area contributed by atoms with Gasteiger partial charge in [0.1, 0.15) is 5.82 Å². The molecule has 108 valence electrons. The van der Waals surface area contributed by atoms with Crippen LogP contribution >= 0.6 is 0 Å². The lowest BCUT2D eigenvalue weighted by Gasteiger charge is -2.10. The van der Waals surface area contributed by atoms with E-state index in [1.165, 1.54) is 6.07 Å². The van der Waals surface area contributed by atoms with Crippen LogP contribution in [0.15, 0.2) is 24.3 Å². The summed E-state index contributed by atoms with van der Waals surface area (Å²) in [6.45, 7) is 3.28. The van der Waals surface area contributed by atoms with E-state index in [2.05, 4.69) is 15.5 Å². The number of aromatic nitrogens is 2. The normalized spacial score (nSPS) is 10.2. The second-order valence-electron chi connectivity index (χ2n) is 4.43. The van der Waals surface area contributed by atoms with Gasteiger partial charge in [0.05, 0.1) is 28.2 Å². The molecule has 2 aromatic rings. The van der Waals surface area contributed by atoms with Gasteiger partial charge in [-0.25, -0.2) is 9.18 Å². The second-order valence-corrected chi connectivity index (χ2v) is 4.43. The summed E-state index contributed by atoms with van der Waals surface area (Å²) in [6.07, 6.45) is 0. The van der Waals surface area contributed by atoms with Gasteiger partial charge in [0.2, 0.25) is 0 Å². The number of nitrogens with zero attached hydrogens (tertiary/aromatic N) is 2. The predicted octanol–water partition coefficient (Wildman–Crippen LogP) is 2.18. The van der Waals surface area contributed by atoms with Crippen LogP contribution in [-0.4, -0.2) is 27.2 Å². The first-order chi connectivity index (χ1) is 9.88. The molecule has 21 heavy (non-hydrogen) atoms. The SMILES string of the molecule is Cc1cc(C(=O)Nc2cc(F)ccc2C(=O)O)c(C)nn1. The van der Waals surface area contributed by atoms with Crippen LogP contribution in [0.1, 0.15) is 32.1 Å². The number of hydrogen-bond acceptors (Lipinski definition) is 4. The smallest absolute Gasteiger partial charge is 0.337 e. The molecule has 0 spiro atoms. The molecule has 0 saturated heterocycles. The van der Waals surface area contributed by atoms with Crippen LogP contribution in [0, 0.1) is 19.7 Å². The number of nitrogens with one attached hydrogen (secondary N) is 1. The number of carbonyl (C=O) groups is 2. The fourth-order valence-electron chi connectivity index (χ4n) is 1.78. The Labute approximate surface area is 119 Å². The average molecular weight is 289 g/mol. The highest BCUT2D eigenvalue weighted by Crippen LogP contribution is 2.19. The Morgan fingerprint density at radius 1 is 1.14 bits per heavy atom. The summed E-state index contributed by atoms with van der Waals surface area (Å²) in [7, 11) is 0. The zero-order valence-electron chi connectivity index (χ0n) is 11.3. The van der Waals surface area contributed by atoms with E-state index >= 15 is 0 Å². The van der Waals surface area contributed by atoms with Crippen molar-refractivity contribution in [1.82, 2.24) is 10.2 Å². The van der Waals surface area contributed by atoms with Gasteiger partial charge in [-0.1, -0.05) is 0 Å². The van der Waals surface area contributed by atoms with E-state index in [9.17, 15) is 14.0 Å². The molecule has 1 heterocycles. The maximum absolute atomic E-state index is 13.2. The lowest BCUT2D eigenvalue weighted by molar-refractivity contribution is 0.0698. The van der Waals surface area contributed by atoms with Crippen LogP contribution in [0.5, 0.6) is 0 Å². The monoisotopic (exact) mass is 289 g/mol. The molecular weight excluding hydrogens is 277 g/mol. The standard InChI is InChI=1S/C14H12FN3O3/c1-7-5-11(8(2)18-17-7)13(19)16-12-6-9(15)3-4-10(12)14(20)21/h3-6H,1-2H3,(H,16,19)(H,20,21). The first-order valence-electron chi connectivity index (χ1n) is 6.03. The van der Waals surface area contributed by atoms with E-state index < -0.39 is 17.7 Å². The summed E-state index contributed by atoms with van der Waals surface area (Å²) in [5, 5.41) is 19.1. The summed E-state index contributed by atoms with van der Waals surface area (Å²) in [4.78, 5) is 23.3. The highest BCUT2D eigenvalue weighted by Gasteiger charge is 2.16. The molecular formula is C14H12FN3O3. The largest absolute Gasteiger partial charge is 0.478 e.